The van der Waals surface area contributed by atoms with Gasteiger partial charge in [0.25, 0.3) is 5.56 Å². The van der Waals surface area contributed by atoms with Crippen molar-refractivity contribution < 1.29 is 14.3 Å². The summed E-state index contributed by atoms with van der Waals surface area (Å²) in [6.07, 6.45) is 6.07. The molecule has 0 radical (unpaired) electrons. The molecule has 0 spiro atoms. The second kappa shape index (κ2) is 9.80. The zero-order valence-corrected chi connectivity index (χ0v) is 18.2. The van der Waals surface area contributed by atoms with Crippen LogP contribution >= 0.6 is 23.2 Å². The highest BCUT2D eigenvalue weighted by Crippen LogP contribution is 2.25. The monoisotopic (exact) mass is 468 g/mol. The van der Waals surface area contributed by atoms with Crippen LogP contribution in [0.15, 0.2) is 23.4 Å². The summed E-state index contributed by atoms with van der Waals surface area (Å²) in [4.78, 5) is 36.5. The van der Waals surface area contributed by atoms with E-state index in [1.165, 1.54) is 6.20 Å². The molecule has 12 heteroatoms. The minimum Gasteiger partial charge on any atom is -0.487 e. The molecule has 0 unspecified atom stereocenters. The van der Waals surface area contributed by atoms with Gasteiger partial charge in [-0.3, -0.25) is 9.59 Å². The smallest absolute Gasteiger partial charge is 0.286 e. The third kappa shape index (κ3) is 5.44. The van der Waals surface area contributed by atoms with Crippen molar-refractivity contribution in [2.24, 2.45) is 0 Å². The summed E-state index contributed by atoms with van der Waals surface area (Å²) in [7, 11) is 0. The molecule has 0 aromatic carbocycles. The predicted molar refractivity (Wildman–Crippen MR) is 114 cm³/mol. The highest BCUT2D eigenvalue weighted by atomic mass is 35.5. The topological polar surface area (TPSA) is 114 Å². The van der Waals surface area contributed by atoms with Crippen LogP contribution in [0.25, 0.3) is 0 Å². The molecular weight excluding hydrogens is 447 g/mol. The summed E-state index contributed by atoms with van der Waals surface area (Å²) in [6.45, 7) is 2.80. The molecule has 2 aromatic heterocycles. The van der Waals surface area contributed by atoms with E-state index < -0.39 is 5.56 Å². The largest absolute Gasteiger partial charge is 0.487 e. The normalized spacial score (nSPS) is 21.4. The zero-order valence-electron chi connectivity index (χ0n) is 16.7. The molecule has 0 bridgehead atoms. The van der Waals surface area contributed by atoms with Crippen molar-refractivity contribution in [3.8, 4) is 5.75 Å². The number of H-pyrrole nitrogens is 1. The Morgan fingerprint density at radius 2 is 1.84 bits per heavy atom. The van der Waals surface area contributed by atoms with Gasteiger partial charge in [0.1, 0.15) is 6.61 Å². The van der Waals surface area contributed by atoms with Gasteiger partial charge < -0.3 is 19.3 Å². The first-order valence-corrected chi connectivity index (χ1v) is 10.8. The van der Waals surface area contributed by atoms with Gasteiger partial charge in [0.05, 0.1) is 42.2 Å². The lowest BCUT2D eigenvalue weighted by atomic mass is 10.1. The molecule has 2 fully saturated rings. The van der Waals surface area contributed by atoms with Gasteiger partial charge in [-0.25, -0.2) is 15.1 Å². The van der Waals surface area contributed by atoms with Gasteiger partial charge in [0, 0.05) is 26.2 Å². The molecule has 1 N–H and O–H groups in total. The lowest BCUT2D eigenvalue weighted by molar-refractivity contribution is -0.134. The SMILES string of the molecule is O=C(C[C@@H]1CC[C@@H](COc2cn[nH]c(=O)c2Cl)O1)N1CCN(c2ncc(Cl)cn2)CC1. The Balaban J connectivity index is 1.20. The number of hydrogen-bond acceptors (Lipinski definition) is 8. The Morgan fingerprint density at radius 1 is 1.13 bits per heavy atom. The van der Waals surface area contributed by atoms with Gasteiger partial charge in [-0.2, -0.15) is 5.10 Å². The van der Waals surface area contributed by atoms with E-state index in [0.29, 0.717) is 43.6 Å². The highest BCUT2D eigenvalue weighted by molar-refractivity contribution is 6.31. The van der Waals surface area contributed by atoms with E-state index in [2.05, 4.69) is 20.2 Å². The molecule has 2 atom stereocenters. The maximum atomic E-state index is 12.7. The standard InChI is InChI=1S/C19H22Cl2N6O4/c20-12-8-22-19(23-9-12)27-5-3-26(4-6-27)16(28)7-13-1-2-14(31-13)11-30-15-10-24-25-18(29)17(15)21/h8-10,13-14H,1-7,11H2,(H,25,29)/t13-,14-/m0/s1. The van der Waals surface area contributed by atoms with Gasteiger partial charge in [0.2, 0.25) is 11.9 Å². The minimum atomic E-state index is -0.502. The number of rotatable bonds is 6. The number of nitrogens with zero attached hydrogens (tertiary/aromatic N) is 5. The molecule has 2 aliphatic heterocycles. The molecule has 1 amide bonds. The first-order valence-electron chi connectivity index (χ1n) is 10.0. The molecule has 0 saturated carbocycles. The Labute approximate surface area is 188 Å². The summed E-state index contributed by atoms with van der Waals surface area (Å²) >= 11 is 11.7. The third-order valence-corrected chi connectivity index (χ3v) is 5.86. The van der Waals surface area contributed by atoms with Crippen LogP contribution in [0.1, 0.15) is 19.3 Å². The zero-order chi connectivity index (χ0) is 21.8. The lowest BCUT2D eigenvalue weighted by Crippen LogP contribution is -2.49. The number of anilines is 1. The van der Waals surface area contributed by atoms with Crippen molar-refractivity contribution in [2.75, 3.05) is 37.7 Å². The second-order valence-corrected chi connectivity index (χ2v) is 8.23. The number of amides is 1. The van der Waals surface area contributed by atoms with Gasteiger partial charge in [-0.1, -0.05) is 23.2 Å². The van der Waals surface area contributed by atoms with E-state index >= 15 is 0 Å². The van der Waals surface area contributed by atoms with Crippen LogP contribution in [-0.4, -0.2) is 76.0 Å². The minimum absolute atomic E-state index is 0.0390. The molecule has 31 heavy (non-hydrogen) atoms. The molecule has 2 aromatic rings. The third-order valence-electron chi connectivity index (χ3n) is 5.31. The van der Waals surface area contributed by atoms with Gasteiger partial charge in [-0.15, -0.1) is 0 Å². The summed E-state index contributed by atoms with van der Waals surface area (Å²) in [5.74, 6) is 0.912. The van der Waals surface area contributed by atoms with Crippen molar-refractivity contribution in [1.29, 1.82) is 0 Å². The Morgan fingerprint density at radius 3 is 2.58 bits per heavy atom. The molecule has 2 aliphatic rings. The van der Waals surface area contributed by atoms with Crippen molar-refractivity contribution in [3.63, 3.8) is 0 Å². The molecular formula is C19H22Cl2N6O4. The van der Waals surface area contributed by atoms with Crippen LogP contribution in [0.5, 0.6) is 5.75 Å². The fourth-order valence-electron chi connectivity index (χ4n) is 3.65. The summed E-state index contributed by atoms with van der Waals surface area (Å²) in [5, 5.41) is 6.36. The van der Waals surface area contributed by atoms with Crippen LogP contribution in [0.4, 0.5) is 5.95 Å². The maximum Gasteiger partial charge on any atom is 0.286 e. The number of aromatic nitrogens is 4. The molecule has 10 nitrogen and oxygen atoms in total. The number of ether oxygens (including phenoxy) is 2. The van der Waals surface area contributed by atoms with E-state index in [0.717, 1.165) is 12.8 Å². The number of piperazine rings is 1. The van der Waals surface area contributed by atoms with Gasteiger partial charge >= 0.3 is 0 Å². The Bertz CT molecular complexity index is 965. The van der Waals surface area contributed by atoms with E-state index in [1.54, 1.807) is 12.4 Å². The molecule has 166 valence electrons. The second-order valence-electron chi connectivity index (χ2n) is 7.42. The lowest BCUT2D eigenvalue weighted by Gasteiger charge is -2.35. The van der Waals surface area contributed by atoms with Crippen molar-refractivity contribution in [3.05, 3.63) is 39.0 Å². The van der Waals surface area contributed by atoms with Crippen LogP contribution in [-0.2, 0) is 9.53 Å². The first kappa shape index (κ1) is 21.8. The van der Waals surface area contributed by atoms with E-state index in [4.69, 9.17) is 32.7 Å². The van der Waals surface area contributed by atoms with Crippen LogP contribution in [0, 0.1) is 0 Å². The number of nitrogens with one attached hydrogen (secondary N) is 1. The van der Waals surface area contributed by atoms with Crippen LogP contribution in [0.3, 0.4) is 0 Å². The molecule has 0 aliphatic carbocycles. The van der Waals surface area contributed by atoms with Gasteiger partial charge in [-0.05, 0) is 12.8 Å². The van der Waals surface area contributed by atoms with Crippen LogP contribution in [0.2, 0.25) is 10.0 Å². The predicted octanol–water partition coefficient (Wildman–Crippen LogP) is 1.53. The van der Waals surface area contributed by atoms with E-state index in [-0.39, 0.29) is 35.5 Å². The number of carbonyl (C=O) groups excluding carboxylic acids is 1. The average Bonchev–Trinajstić information content (AvgIpc) is 3.22. The number of halogens is 2. The van der Waals surface area contributed by atoms with Gasteiger partial charge in [0.15, 0.2) is 10.8 Å². The fraction of sp³-hybridized carbons (Fsp3) is 0.526. The molecule has 4 rings (SSSR count). The Kier molecular flexibility index (Phi) is 6.89. The fourth-order valence-corrected chi connectivity index (χ4v) is 3.90. The van der Waals surface area contributed by atoms with Crippen molar-refractivity contribution in [2.45, 2.75) is 31.5 Å². The summed E-state index contributed by atoms with van der Waals surface area (Å²) in [5.41, 5.74) is -0.502. The quantitative estimate of drug-likeness (QED) is 0.678. The number of aromatic amines is 1. The number of hydrogen-bond donors (Lipinski definition) is 1. The van der Waals surface area contributed by atoms with E-state index in [1.807, 2.05) is 9.80 Å². The number of carbonyl (C=O) groups is 1. The highest BCUT2D eigenvalue weighted by Gasteiger charge is 2.30. The van der Waals surface area contributed by atoms with Crippen LogP contribution < -0.4 is 15.2 Å². The summed E-state index contributed by atoms with van der Waals surface area (Å²) in [6, 6.07) is 0. The van der Waals surface area contributed by atoms with Crippen molar-refractivity contribution >= 4 is 35.1 Å². The van der Waals surface area contributed by atoms with Crippen molar-refractivity contribution in [1.82, 2.24) is 25.1 Å². The Hall–Kier alpha value is -2.43. The first-order chi connectivity index (χ1) is 15.0. The summed E-state index contributed by atoms with van der Waals surface area (Å²) < 4.78 is 11.5. The average molecular weight is 469 g/mol. The molecule has 2 saturated heterocycles. The molecule has 4 heterocycles. The maximum absolute atomic E-state index is 12.7. The van der Waals surface area contributed by atoms with E-state index in [9.17, 15) is 9.59 Å².